The van der Waals surface area contributed by atoms with Crippen LogP contribution in [-0.4, -0.2) is 53.6 Å². The standard InChI is InChI=1S/C18H29N3O4/c1-6-19-17(21-10-18(2)11-25-12-18)20-9-13-7-14(22-3)16(24-5)15(8-13)23-4/h7-8H,6,9-12H2,1-5H3,(H2,19,20,21). The molecule has 2 N–H and O–H groups in total. The van der Waals surface area contributed by atoms with Gasteiger partial charge in [-0.3, -0.25) is 0 Å². The van der Waals surface area contributed by atoms with Crippen molar-refractivity contribution in [2.75, 3.05) is 47.6 Å². The Morgan fingerprint density at radius 3 is 2.20 bits per heavy atom. The van der Waals surface area contributed by atoms with E-state index in [-0.39, 0.29) is 5.41 Å². The van der Waals surface area contributed by atoms with Crippen LogP contribution in [0.25, 0.3) is 0 Å². The number of hydrogen-bond donors (Lipinski definition) is 2. The number of guanidine groups is 1. The van der Waals surface area contributed by atoms with Gasteiger partial charge in [0.2, 0.25) is 5.75 Å². The van der Waals surface area contributed by atoms with Crippen molar-refractivity contribution in [2.45, 2.75) is 20.4 Å². The van der Waals surface area contributed by atoms with Gasteiger partial charge in [0.05, 0.1) is 41.1 Å². The predicted octanol–water partition coefficient (Wildman–Crippen LogP) is 1.80. The molecule has 0 saturated carbocycles. The summed E-state index contributed by atoms with van der Waals surface area (Å²) >= 11 is 0. The summed E-state index contributed by atoms with van der Waals surface area (Å²) < 4.78 is 21.4. The van der Waals surface area contributed by atoms with Crippen LogP contribution in [0.3, 0.4) is 0 Å². The Morgan fingerprint density at radius 2 is 1.76 bits per heavy atom. The Hall–Kier alpha value is -2.15. The average Bonchev–Trinajstić information content (AvgIpc) is 2.61. The summed E-state index contributed by atoms with van der Waals surface area (Å²) in [5, 5.41) is 6.65. The van der Waals surface area contributed by atoms with E-state index in [1.165, 1.54) is 0 Å². The van der Waals surface area contributed by atoms with Crippen LogP contribution >= 0.6 is 0 Å². The Kier molecular flexibility index (Phi) is 6.75. The Labute approximate surface area is 149 Å². The maximum absolute atomic E-state index is 5.39. The monoisotopic (exact) mass is 351 g/mol. The number of rotatable bonds is 8. The van der Waals surface area contributed by atoms with Crippen molar-refractivity contribution in [3.05, 3.63) is 17.7 Å². The van der Waals surface area contributed by atoms with E-state index in [4.69, 9.17) is 18.9 Å². The number of methoxy groups -OCH3 is 3. The summed E-state index contributed by atoms with van der Waals surface area (Å²) in [4.78, 5) is 4.65. The fourth-order valence-corrected chi connectivity index (χ4v) is 2.59. The molecule has 25 heavy (non-hydrogen) atoms. The van der Waals surface area contributed by atoms with Gasteiger partial charge in [-0.05, 0) is 24.6 Å². The van der Waals surface area contributed by atoms with Crippen LogP contribution in [0.5, 0.6) is 17.2 Å². The summed E-state index contributed by atoms with van der Waals surface area (Å²) in [6.45, 7) is 7.94. The van der Waals surface area contributed by atoms with Crippen molar-refractivity contribution in [1.82, 2.24) is 10.6 Å². The smallest absolute Gasteiger partial charge is 0.203 e. The molecule has 0 bridgehead atoms. The van der Waals surface area contributed by atoms with E-state index in [1.807, 2.05) is 19.1 Å². The highest BCUT2D eigenvalue weighted by Gasteiger charge is 2.33. The molecule has 0 aromatic heterocycles. The first kappa shape index (κ1) is 19.2. The fourth-order valence-electron chi connectivity index (χ4n) is 2.59. The number of aliphatic imine (C=N–C) groups is 1. The van der Waals surface area contributed by atoms with Gasteiger partial charge in [0.1, 0.15) is 0 Å². The Bertz CT molecular complexity index is 575. The van der Waals surface area contributed by atoms with E-state index in [2.05, 4.69) is 22.5 Å². The van der Waals surface area contributed by atoms with Crippen molar-refractivity contribution in [3.8, 4) is 17.2 Å². The van der Waals surface area contributed by atoms with Crippen LogP contribution in [0.4, 0.5) is 0 Å². The van der Waals surface area contributed by atoms with Crippen molar-refractivity contribution < 1.29 is 18.9 Å². The van der Waals surface area contributed by atoms with Crippen LogP contribution < -0.4 is 24.8 Å². The maximum Gasteiger partial charge on any atom is 0.203 e. The minimum absolute atomic E-state index is 0.183. The van der Waals surface area contributed by atoms with Gasteiger partial charge in [0.15, 0.2) is 17.5 Å². The average molecular weight is 351 g/mol. The molecule has 0 unspecified atom stereocenters. The van der Waals surface area contributed by atoms with E-state index in [9.17, 15) is 0 Å². The number of hydrogen-bond acceptors (Lipinski definition) is 5. The lowest BCUT2D eigenvalue weighted by Gasteiger charge is -2.38. The highest BCUT2D eigenvalue weighted by atomic mass is 16.5. The normalized spacial score (nSPS) is 16.0. The molecule has 1 aromatic carbocycles. The van der Waals surface area contributed by atoms with Gasteiger partial charge < -0.3 is 29.6 Å². The van der Waals surface area contributed by atoms with Gasteiger partial charge in [-0.25, -0.2) is 4.99 Å². The number of benzene rings is 1. The molecule has 140 valence electrons. The van der Waals surface area contributed by atoms with Crippen molar-refractivity contribution in [2.24, 2.45) is 10.4 Å². The van der Waals surface area contributed by atoms with E-state index < -0.39 is 0 Å². The van der Waals surface area contributed by atoms with Crippen LogP contribution in [0.1, 0.15) is 19.4 Å². The van der Waals surface area contributed by atoms with Crippen LogP contribution in [0, 0.1) is 5.41 Å². The minimum atomic E-state index is 0.183. The van der Waals surface area contributed by atoms with E-state index in [0.717, 1.165) is 37.8 Å². The number of ether oxygens (including phenoxy) is 4. The van der Waals surface area contributed by atoms with Crippen LogP contribution in [0.2, 0.25) is 0 Å². The predicted molar refractivity (Wildman–Crippen MR) is 97.8 cm³/mol. The highest BCUT2D eigenvalue weighted by Crippen LogP contribution is 2.38. The molecule has 1 saturated heterocycles. The van der Waals surface area contributed by atoms with Gasteiger partial charge in [-0.15, -0.1) is 0 Å². The second-order valence-electron chi connectivity index (χ2n) is 6.39. The van der Waals surface area contributed by atoms with Crippen molar-refractivity contribution in [1.29, 1.82) is 0 Å². The maximum atomic E-state index is 5.39. The summed E-state index contributed by atoms with van der Waals surface area (Å²) in [6.07, 6.45) is 0. The molecule has 1 aliphatic heterocycles. The van der Waals surface area contributed by atoms with Gasteiger partial charge in [0.25, 0.3) is 0 Å². The van der Waals surface area contributed by atoms with Crippen LogP contribution in [0.15, 0.2) is 17.1 Å². The molecular weight excluding hydrogens is 322 g/mol. The van der Waals surface area contributed by atoms with Gasteiger partial charge >= 0.3 is 0 Å². The van der Waals surface area contributed by atoms with Crippen molar-refractivity contribution >= 4 is 5.96 Å². The zero-order valence-corrected chi connectivity index (χ0v) is 15.8. The molecule has 0 aliphatic carbocycles. The van der Waals surface area contributed by atoms with Crippen molar-refractivity contribution in [3.63, 3.8) is 0 Å². The minimum Gasteiger partial charge on any atom is -0.493 e. The molecule has 0 atom stereocenters. The zero-order chi connectivity index (χ0) is 18.3. The quantitative estimate of drug-likeness (QED) is 0.550. The molecule has 7 heteroatoms. The Morgan fingerprint density at radius 1 is 1.12 bits per heavy atom. The fraction of sp³-hybridized carbons (Fsp3) is 0.611. The second-order valence-corrected chi connectivity index (χ2v) is 6.39. The first-order valence-corrected chi connectivity index (χ1v) is 8.44. The first-order valence-electron chi connectivity index (χ1n) is 8.44. The lowest BCUT2D eigenvalue weighted by molar-refractivity contribution is -0.0971. The van der Waals surface area contributed by atoms with Gasteiger partial charge in [-0.1, -0.05) is 6.92 Å². The molecule has 1 fully saturated rings. The van der Waals surface area contributed by atoms with Gasteiger partial charge in [0, 0.05) is 18.5 Å². The molecule has 1 aliphatic rings. The third-order valence-corrected chi connectivity index (χ3v) is 4.07. The first-order chi connectivity index (χ1) is 12.0. The molecule has 0 radical (unpaired) electrons. The molecule has 1 aromatic rings. The molecular formula is C18H29N3O4. The summed E-state index contributed by atoms with van der Waals surface area (Å²) in [5.41, 5.74) is 1.16. The Balaban J connectivity index is 2.10. The largest absolute Gasteiger partial charge is 0.493 e. The number of nitrogens with one attached hydrogen (secondary N) is 2. The molecule has 1 heterocycles. The van der Waals surface area contributed by atoms with Gasteiger partial charge in [-0.2, -0.15) is 0 Å². The molecule has 2 rings (SSSR count). The summed E-state index contributed by atoms with van der Waals surface area (Å²) in [6, 6.07) is 3.82. The summed E-state index contributed by atoms with van der Waals surface area (Å²) in [7, 11) is 4.81. The van der Waals surface area contributed by atoms with Crippen LogP contribution in [-0.2, 0) is 11.3 Å². The lowest BCUT2D eigenvalue weighted by Crippen LogP contribution is -2.51. The topological polar surface area (TPSA) is 73.3 Å². The summed E-state index contributed by atoms with van der Waals surface area (Å²) in [5.74, 6) is 2.62. The third kappa shape index (κ3) is 4.92. The second kappa shape index (κ2) is 8.80. The number of nitrogens with zero attached hydrogens (tertiary/aromatic N) is 1. The van der Waals surface area contributed by atoms with E-state index in [1.54, 1.807) is 21.3 Å². The van der Waals surface area contributed by atoms with E-state index in [0.29, 0.717) is 23.8 Å². The third-order valence-electron chi connectivity index (χ3n) is 4.07. The molecule has 7 nitrogen and oxygen atoms in total. The molecule has 0 spiro atoms. The SMILES string of the molecule is CCNC(=NCc1cc(OC)c(OC)c(OC)c1)NCC1(C)COC1. The molecule has 0 amide bonds. The van der Waals surface area contributed by atoms with E-state index >= 15 is 0 Å². The zero-order valence-electron chi connectivity index (χ0n) is 15.8. The highest BCUT2D eigenvalue weighted by molar-refractivity contribution is 5.79. The lowest BCUT2D eigenvalue weighted by atomic mass is 9.89.